The molecular formula is C18H21N3O3. The lowest BCUT2D eigenvalue weighted by Crippen LogP contribution is -2.29. The van der Waals surface area contributed by atoms with Gasteiger partial charge in [0.05, 0.1) is 18.9 Å². The molecule has 2 unspecified atom stereocenters. The zero-order chi connectivity index (χ0) is 17.1. The van der Waals surface area contributed by atoms with E-state index in [1.165, 1.54) is 0 Å². The Kier molecular flexibility index (Phi) is 4.76. The number of aromatic nitrogens is 2. The van der Waals surface area contributed by atoms with Gasteiger partial charge in [0.15, 0.2) is 0 Å². The second-order valence-corrected chi connectivity index (χ2v) is 6.12. The number of ether oxygens (including phenoxy) is 1. The van der Waals surface area contributed by atoms with Crippen LogP contribution in [0.1, 0.15) is 21.6 Å². The Bertz CT molecular complexity index is 721. The summed E-state index contributed by atoms with van der Waals surface area (Å²) >= 11 is 0. The van der Waals surface area contributed by atoms with Crippen LogP contribution < -0.4 is 4.74 Å². The second-order valence-electron chi connectivity index (χ2n) is 6.12. The Balaban J connectivity index is 1.69. The molecule has 6 heteroatoms. The van der Waals surface area contributed by atoms with E-state index in [-0.39, 0.29) is 11.8 Å². The summed E-state index contributed by atoms with van der Waals surface area (Å²) in [5.41, 5.74) is 2.36. The third-order valence-electron chi connectivity index (χ3n) is 4.42. The number of carbonyl (C=O) groups excluding carboxylic acids is 1. The average molecular weight is 327 g/mol. The van der Waals surface area contributed by atoms with Gasteiger partial charge >= 0.3 is 0 Å². The monoisotopic (exact) mass is 327 g/mol. The molecule has 3 rings (SSSR count). The molecule has 0 bridgehead atoms. The number of rotatable bonds is 4. The molecular weight excluding hydrogens is 306 g/mol. The number of benzene rings is 1. The minimum absolute atomic E-state index is 0.0232. The number of amides is 1. The summed E-state index contributed by atoms with van der Waals surface area (Å²) in [4.78, 5) is 22.7. The van der Waals surface area contributed by atoms with Crippen LogP contribution >= 0.6 is 0 Å². The Hall–Kier alpha value is -2.47. The summed E-state index contributed by atoms with van der Waals surface area (Å²) in [6.45, 7) is 2.77. The van der Waals surface area contributed by atoms with Gasteiger partial charge in [0.2, 0.25) is 0 Å². The summed E-state index contributed by atoms with van der Waals surface area (Å²) in [5.74, 6) is 0.667. The third-order valence-corrected chi connectivity index (χ3v) is 4.42. The lowest BCUT2D eigenvalue weighted by molar-refractivity contribution is 0.0764. The van der Waals surface area contributed by atoms with Crippen molar-refractivity contribution in [2.75, 3.05) is 20.2 Å². The van der Waals surface area contributed by atoms with Gasteiger partial charge in [-0.25, -0.2) is 0 Å². The summed E-state index contributed by atoms with van der Waals surface area (Å²) in [5, 5.41) is 10.3. The molecule has 0 spiro atoms. The second kappa shape index (κ2) is 6.97. The fourth-order valence-corrected chi connectivity index (χ4v) is 3.12. The first kappa shape index (κ1) is 16.4. The highest BCUT2D eigenvalue weighted by molar-refractivity contribution is 5.94. The predicted octanol–water partition coefficient (Wildman–Crippen LogP) is 1.47. The van der Waals surface area contributed by atoms with Gasteiger partial charge in [-0.2, -0.15) is 0 Å². The highest BCUT2D eigenvalue weighted by Crippen LogP contribution is 2.24. The van der Waals surface area contributed by atoms with Crippen LogP contribution in [-0.4, -0.2) is 52.2 Å². The number of aryl methyl sites for hydroxylation is 1. The zero-order valence-electron chi connectivity index (χ0n) is 13.8. The first-order valence-corrected chi connectivity index (χ1v) is 7.95. The van der Waals surface area contributed by atoms with E-state index in [4.69, 9.17) is 4.74 Å². The number of aliphatic hydroxyl groups excluding tert-OH is 1. The van der Waals surface area contributed by atoms with Gasteiger partial charge in [0, 0.05) is 43.2 Å². The van der Waals surface area contributed by atoms with E-state index >= 15 is 0 Å². The van der Waals surface area contributed by atoms with Gasteiger partial charge in [0.1, 0.15) is 5.75 Å². The van der Waals surface area contributed by atoms with Gasteiger partial charge in [-0.05, 0) is 37.1 Å². The largest absolute Gasteiger partial charge is 0.496 e. The Labute approximate surface area is 141 Å². The molecule has 2 heterocycles. The topological polar surface area (TPSA) is 75.5 Å². The van der Waals surface area contributed by atoms with Crippen molar-refractivity contribution in [3.05, 3.63) is 53.6 Å². The van der Waals surface area contributed by atoms with Crippen molar-refractivity contribution in [1.29, 1.82) is 0 Å². The summed E-state index contributed by atoms with van der Waals surface area (Å²) in [6, 6.07) is 5.38. The van der Waals surface area contributed by atoms with E-state index in [2.05, 4.69) is 9.97 Å². The van der Waals surface area contributed by atoms with Crippen molar-refractivity contribution in [2.45, 2.75) is 19.4 Å². The predicted molar refractivity (Wildman–Crippen MR) is 88.9 cm³/mol. The SMILES string of the molecule is COc1ccc(C(=O)N2CC(O)C(Cc3cnccn3)C2)cc1C. The Morgan fingerprint density at radius 3 is 2.88 bits per heavy atom. The fourth-order valence-electron chi connectivity index (χ4n) is 3.12. The minimum Gasteiger partial charge on any atom is -0.496 e. The van der Waals surface area contributed by atoms with Crippen LogP contribution in [0.25, 0.3) is 0 Å². The summed E-state index contributed by atoms with van der Waals surface area (Å²) < 4.78 is 5.23. The standard InChI is InChI=1S/C18H21N3O3/c1-12-7-13(3-4-17(12)24-2)18(23)21-10-14(16(22)11-21)8-15-9-19-5-6-20-15/h3-7,9,14,16,22H,8,10-11H2,1-2H3. The lowest BCUT2D eigenvalue weighted by Gasteiger charge is -2.17. The number of hydrogen-bond donors (Lipinski definition) is 1. The zero-order valence-corrected chi connectivity index (χ0v) is 13.8. The lowest BCUT2D eigenvalue weighted by atomic mass is 10.0. The number of aliphatic hydroxyl groups is 1. The van der Waals surface area contributed by atoms with Crippen LogP contribution in [0.2, 0.25) is 0 Å². The highest BCUT2D eigenvalue weighted by atomic mass is 16.5. The van der Waals surface area contributed by atoms with E-state index in [1.807, 2.05) is 13.0 Å². The molecule has 1 N–H and O–H groups in total. The maximum Gasteiger partial charge on any atom is 0.253 e. The molecule has 0 saturated carbocycles. The maximum atomic E-state index is 12.7. The van der Waals surface area contributed by atoms with Crippen molar-refractivity contribution in [1.82, 2.24) is 14.9 Å². The van der Waals surface area contributed by atoms with Gasteiger partial charge in [-0.3, -0.25) is 14.8 Å². The minimum atomic E-state index is -0.546. The average Bonchev–Trinajstić information content (AvgIpc) is 2.96. The molecule has 1 aliphatic heterocycles. The molecule has 126 valence electrons. The molecule has 1 fully saturated rings. The normalized spacial score (nSPS) is 20.2. The third kappa shape index (κ3) is 3.38. The van der Waals surface area contributed by atoms with Crippen LogP contribution in [0.3, 0.4) is 0 Å². The van der Waals surface area contributed by atoms with E-state index in [0.29, 0.717) is 25.1 Å². The van der Waals surface area contributed by atoms with Crippen LogP contribution in [0, 0.1) is 12.8 Å². The van der Waals surface area contributed by atoms with Crippen LogP contribution in [0.4, 0.5) is 0 Å². The van der Waals surface area contributed by atoms with E-state index in [1.54, 1.807) is 42.7 Å². The molecule has 0 radical (unpaired) electrons. The fraction of sp³-hybridized carbons (Fsp3) is 0.389. The molecule has 1 aliphatic rings. The number of nitrogens with zero attached hydrogens (tertiary/aromatic N) is 3. The molecule has 2 aromatic rings. The van der Waals surface area contributed by atoms with Crippen molar-refractivity contribution >= 4 is 5.91 Å². The van der Waals surface area contributed by atoms with Crippen LogP contribution in [0.15, 0.2) is 36.8 Å². The van der Waals surface area contributed by atoms with Crippen molar-refractivity contribution < 1.29 is 14.6 Å². The number of methoxy groups -OCH3 is 1. The number of carbonyl (C=O) groups is 1. The van der Waals surface area contributed by atoms with E-state index in [9.17, 15) is 9.90 Å². The van der Waals surface area contributed by atoms with Crippen LogP contribution in [0.5, 0.6) is 5.75 Å². The van der Waals surface area contributed by atoms with Gasteiger partial charge < -0.3 is 14.7 Å². The molecule has 2 atom stereocenters. The van der Waals surface area contributed by atoms with Gasteiger partial charge in [-0.1, -0.05) is 0 Å². The van der Waals surface area contributed by atoms with E-state index < -0.39 is 6.10 Å². The number of likely N-dealkylation sites (tertiary alicyclic amines) is 1. The molecule has 0 aliphatic carbocycles. The summed E-state index contributed by atoms with van der Waals surface area (Å²) in [6.07, 6.45) is 5.02. The molecule has 1 saturated heterocycles. The number of β-amino-alcohol motifs (C(OH)–C–C–N with tert-alkyl or cyclic N) is 1. The van der Waals surface area contributed by atoms with Gasteiger partial charge in [0.25, 0.3) is 5.91 Å². The Morgan fingerprint density at radius 1 is 1.38 bits per heavy atom. The molecule has 6 nitrogen and oxygen atoms in total. The van der Waals surface area contributed by atoms with Crippen molar-refractivity contribution in [3.63, 3.8) is 0 Å². The first-order chi connectivity index (χ1) is 11.6. The molecule has 1 aromatic heterocycles. The highest BCUT2D eigenvalue weighted by Gasteiger charge is 2.34. The van der Waals surface area contributed by atoms with Crippen molar-refractivity contribution in [2.24, 2.45) is 5.92 Å². The van der Waals surface area contributed by atoms with E-state index in [0.717, 1.165) is 17.0 Å². The van der Waals surface area contributed by atoms with Crippen LogP contribution in [-0.2, 0) is 6.42 Å². The maximum absolute atomic E-state index is 12.7. The molecule has 1 amide bonds. The molecule has 1 aromatic carbocycles. The van der Waals surface area contributed by atoms with Gasteiger partial charge in [-0.15, -0.1) is 0 Å². The molecule has 24 heavy (non-hydrogen) atoms. The van der Waals surface area contributed by atoms with Crippen molar-refractivity contribution in [3.8, 4) is 5.75 Å². The first-order valence-electron chi connectivity index (χ1n) is 7.95. The Morgan fingerprint density at radius 2 is 2.21 bits per heavy atom. The quantitative estimate of drug-likeness (QED) is 0.920. The number of hydrogen-bond acceptors (Lipinski definition) is 5. The smallest absolute Gasteiger partial charge is 0.253 e. The summed E-state index contributed by atoms with van der Waals surface area (Å²) in [7, 11) is 1.61.